The van der Waals surface area contributed by atoms with Crippen molar-refractivity contribution in [3.05, 3.63) is 32.6 Å². The second-order valence-corrected chi connectivity index (χ2v) is 4.23. The Hall–Kier alpha value is -1.85. The van der Waals surface area contributed by atoms with Gasteiger partial charge in [-0.25, -0.2) is 9.59 Å². The number of nitrogens with one attached hydrogen (secondary N) is 1. The minimum Gasteiger partial charge on any atom is -0.477 e. The maximum atomic E-state index is 11.4. The minimum atomic E-state index is -1.32. The summed E-state index contributed by atoms with van der Waals surface area (Å²) in [5.74, 6) is -0.351. The van der Waals surface area contributed by atoms with Crippen LogP contribution in [0.25, 0.3) is 0 Å². The molecule has 0 bridgehead atoms. The highest BCUT2D eigenvalue weighted by atomic mass is 16.4. The topological polar surface area (TPSA) is 92.2 Å². The normalized spacial score (nSPS) is 23.1. The van der Waals surface area contributed by atoms with Crippen LogP contribution in [-0.2, 0) is 6.54 Å². The lowest BCUT2D eigenvalue weighted by atomic mass is 10.3. The lowest BCUT2D eigenvalue weighted by Gasteiger charge is -2.04. The van der Waals surface area contributed by atoms with E-state index in [0.717, 1.165) is 12.6 Å². The largest absolute Gasteiger partial charge is 0.477 e. The average Bonchev–Trinajstić information content (AvgIpc) is 2.86. The lowest BCUT2D eigenvalue weighted by molar-refractivity contribution is 0.0693. The molecule has 6 heteroatoms. The van der Waals surface area contributed by atoms with E-state index >= 15 is 0 Å². The van der Waals surface area contributed by atoms with Gasteiger partial charge in [-0.2, -0.15) is 0 Å². The molecule has 86 valence electrons. The van der Waals surface area contributed by atoms with Crippen molar-refractivity contribution >= 4 is 5.97 Å². The predicted octanol–water partition coefficient (Wildman–Crippen LogP) is -0.109. The Morgan fingerprint density at radius 1 is 1.62 bits per heavy atom. The zero-order chi connectivity index (χ0) is 11.9. The minimum absolute atomic E-state index is 0.395. The van der Waals surface area contributed by atoms with Crippen LogP contribution in [0.15, 0.2) is 15.8 Å². The predicted molar refractivity (Wildman–Crippen MR) is 55.6 cm³/mol. The summed E-state index contributed by atoms with van der Waals surface area (Å²) in [5, 5.41) is 8.75. The maximum Gasteiger partial charge on any atom is 0.342 e. The SMILES string of the molecule is CC1CC1Cn1cc(C(=O)O)c(=O)[nH]c1=O. The summed E-state index contributed by atoms with van der Waals surface area (Å²) in [7, 11) is 0. The van der Waals surface area contributed by atoms with Gasteiger partial charge in [-0.05, 0) is 18.3 Å². The number of hydrogen-bond acceptors (Lipinski definition) is 3. The van der Waals surface area contributed by atoms with Crippen LogP contribution in [0.1, 0.15) is 23.7 Å². The molecule has 2 unspecified atom stereocenters. The molecule has 6 nitrogen and oxygen atoms in total. The smallest absolute Gasteiger partial charge is 0.342 e. The van der Waals surface area contributed by atoms with Crippen LogP contribution in [0.2, 0.25) is 0 Å². The van der Waals surface area contributed by atoms with E-state index in [0.29, 0.717) is 18.4 Å². The number of aromatic carboxylic acids is 1. The highest BCUT2D eigenvalue weighted by molar-refractivity contribution is 5.86. The molecule has 0 amide bonds. The summed E-state index contributed by atoms with van der Waals surface area (Å²) >= 11 is 0. The quantitative estimate of drug-likeness (QED) is 0.749. The first-order valence-electron chi connectivity index (χ1n) is 5.06. The van der Waals surface area contributed by atoms with Crippen molar-refractivity contribution in [2.75, 3.05) is 0 Å². The zero-order valence-corrected chi connectivity index (χ0v) is 8.77. The average molecular weight is 224 g/mol. The number of carbonyl (C=O) groups is 1. The van der Waals surface area contributed by atoms with Crippen molar-refractivity contribution in [2.45, 2.75) is 19.9 Å². The Morgan fingerprint density at radius 2 is 2.25 bits per heavy atom. The third-order valence-corrected chi connectivity index (χ3v) is 2.95. The van der Waals surface area contributed by atoms with Crippen molar-refractivity contribution in [3.8, 4) is 0 Å². The van der Waals surface area contributed by atoms with Crippen molar-refractivity contribution < 1.29 is 9.90 Å². The highest BCUT2D eigenvalue weighted by Crippen LogP contribution is 2.38. The number of rotatable bonds is 3. The van der Waals surface area contributed by atoms with E-state index in [-0.39, 0.29) is 0 Å². The van der Waals surface area contributed by atoms with Crippen LogP contribution in [-0.4, -0.2) is 20.6 Å². The first kappa shape index (κ1) is 10.7. The Morgan fingerprint density at radius 3 is 2.75 bits per heavy atom. The zero-order valence-electron chi connectivity index (χ0n) is 8.77. The Kier molecular flexibility index (Phi) is 2.41. The maximum absolute atomic E-state index is 11.4. The molecule has 16 heavy (non-hydrogen) atoms. The number of aromatic nitrogens is 2. The second kappa shape index (κ2) is 3.62. The molecular weight excluding hydrogens is 212 g/mol. The molecular formula is C10H12N2O4. The van der Waals surface area contributed by atoms with E-state index < -0.39 is 22.8 Å². The van der Waals surface area contributed by atoms with E-state index in [1.165, 1.54) is 4.57 Å². The van der Waals surface area contributed by atoms with Crippen molar-refractivity contribution in [1.29, 1.82) is 0 Å². The standard InChI is InChI=1S/C10H12N2O4/c1-5-2-6(5)3-12-4-7(9(14)15)8(13)11-10(12)16/h4-6H,2-3H2,1H3,(H,14,15)(H,11,13,16). The number of carboxylic acid groups (broad SMARTS) is 1. The fourth-order valence-electron chi connectivity index (χ4n) is 1.70. The van der Waals surface area contributed by atoms with Crippen LogP contribution < -0.4 is 11.2 Å². The Labute approximate surface area is 90.5 Å². The molecule has 1 heterocycles. The van der Waals surface area contributed by atoms with Crippen molar-refractivity contribution in [1.82, 2.24) is 9.55 Å². The number of aromatic amines is 1. The molecule has 0 saturated heterocycles. The van der Waals surface area contributed by atoms with Gasteiger partial charge in [0.15, 0.2) is 0 Å². The third kappa shape index (κ3) is 1.91. The molecule has 0 aliphatic heterocycles. The molecule has 2 N–H and O–H groups in total. The molecule has 2 rings (SSSR count). The van der Waals surface area contributed by atoms with Gasteiger partial charge in [-0.15, -0.1) is 0 Å². The monoisotopic (exact) mass is 224 g/mol. The number of H-pyrrole nitrogens is 1. The van der Waals surface area contributed by atoms with Crippen LogP contribution in [0.5, 0.6) is 0 Å². The second-order valence-electron chi connectivity index (χ2n) is 4.23. The van der Waals surface area contributed by atoms with E-state index in [4.69, 9.17) is 5.11 Å². The van der Waals surface area contributed by atoms with E-state index in [1.807, 2.05) is 4.98 Å². The van der Waals surface area contributed by atoms with Gasteiger partial charge in [0.1, 0.15) is 5.56 Å². The van der Waals surface area contributed by atoms with Gasteiger partial charge in [0.25, 0.3) is 5.56 Å². The van der Waals surface area contributed by atoms with E-state index in [9.17, 15) is 14.4 Å². The highest BCUT2D eigenvalue weighted by Gasteiger charge is 2.33. The summed E-state index contributed by atoms with van der Waals surface area (Å²) in [4.78, 5) is 35.3. The van der Waals surface area contributed by atoms with Crippen LogP contribution in [0, 0.1) is 11.8 Å². The molecule has 0 aromatic carbocycles. The van der Waals surface area contributed by atoms with Gasteiger partial charge < -0.3 is 5.11 Å². The summed E-state index contributed by atoms with van der Waals surface area (Å²) in [5.41, 5.74) is -1.79. The molecule has 1 aromatic heterocycles. The van der Waals surface area contributed by atoms with Crippen LogP contribution >= 0.6 is 0 Å². The van der Waals surface area contributed by atoms with Gasteiger partial charge in [-0.3, -0.25) is 14.3 Å². The Bertz CT molecular complexity index is 542. The van der Waals surface area contributed by atoms with Gasteiger partial charge in [0, 0.05) is 12.7 Å². The summed E-state index contributed by atoms with van der Waals surface area (Å²) < 4.78 is 1.26. The third-order valence-electron chi connectivity index (χ3n) is 2.95. The first-order valence-corrected chi connectivity index (χ1v) is 5.06. The molecule has 0 spiro atoms. The van der Waals surface area contributed by atoms with Crippen molar-refractivity contribution in [2.24, 2.45) is 11.8 Å². The number of hydrogen-bond donors (Lipinski definition) is 2. The van der Waals surface area contributed by atoms with Gasteiger partial charge >= 0.3 is 11.7 Å². The first-order chi connectivity index (χ1) is 7.49. The van der Waals surface area contributed by atoms with Gasteiger partial charge in [0.2, 0.25) is 0 Å². The molecule has 1 aliphatic rings. The molecule has 0 radical (unpaired) electrons. The number of nitrogens with zero attached hydrogens (tertiary/aromatic N) is 1. The fraction of sp³-hybridized carbons (Fsp3) is 0.500. The van der Waals surface area contributed by atoms with Crippen LogP contribution in [0.4, 0.5) is 0 Å². The van der Waals surface area contributed by atoms with Gasteiger partial charge in [0.05, 0.1) is 0 Å². The molecule has 2 atom stereocenters. The summed E-state index contributed by atoms with van der Waals surface area (Å²) in [6, 6.07) is 0. The molecule has 1 aromatic rings. The molecule has 1 saturated carbocycles. The summed E-state index contributed by atoms with van der Waals surface area (Å²) in [6.45, 7) is 2.54. The molecule has 1 aliphatic carbocycles. The van der Waals surface area contributed by atoms with Crippen LogP contribution in [0.3, 0.4) is 0 Å². The number of carboxylic acids is 1. The Balaban J connectivity index is 2.37. The van der Waals surface area contributed by atoms with Crippen molar-refractivity contribution in [3.63, 3.8) is 0 Å². The summed E-state index contributed by atoms with van der Waals surface area (Å²) in [6.07, 6.45) is 2.16. The fourth-order valence-corrected chi connectivity index (χ4v) is 1.70. The lowest BCUT2D eigenvalue weighted by Crippen LogP contribution is -2.33. The molecule has 1 fully saturated rings. The van der Waals surface area contributed by atoms with Gasteiger partial charge in [-0.1, -0.05) is 6.92 Å². The van der Waals surface area contributed by atoms with E-state index in [1.54, 1.807) is 0 Å². The van der Waals surface area contributed by atoms with E-state index in [2.05, 4.69) is 6.92 Å².